The lowest BCUT2D eigenvalue weighted by Crippen LogP contribution is -2.50. The largest absolute Gasteiger partial charge is 0.416 e. The average Bonchev–Trinajstić information content (AvgIpc) is 2.68. The lowest BCUT2D eigenvalue weighted by molar-refractivity contribution is -0.137. The van der Waals surface area contributed by atoms with Crippen molar-refractivity contribution < 1.29 is 30.0 Å². The van der Waals surface area contributed by atoms with Gasteiger partial charge in [0.05, 0.1) is 15.5 Å². The number of nitrogens with zero attached hydrogens (tertiary/aromatic N) is 2. The minimum atomic E-state index is -4.67. The molecule has 0 atom stereocenters. The van der Waals surface area contributed by atoms with Gasteiger partial charge in [0.15, 0.2) is 0 Å². The van der Waals surface area contributed by atoms with Crippen LogP contribution in [0.5, 0.6) is 0 Å². The Balaban J connectivity index is 1.79. The van der Waals surface area contributed by atoms with Crippen LogP contribution in [0.15, 0.2) is 58.3 Å². The first-order chi connectivity index (χ1) is 13.4. The van der Waals surface area contributed by atoms with E-state index in [0.29, 0.717) is 6.07 Å². The first-order valence-corrected chi connectivity index (χ1v) is 11.6. The molecule has 0 aliphatic carbocycles. The molecule has 29 heavy (non-hydrogen) atoms. The molecule has 3 rings (SSSR count). The van der Waals surface area contributed by atoms with Crippen LogP contribution in [0.25, 0.3) is 0 Å². The van der Waals surface area contributed by atoms with Crippen LogP contribution in [-0.2, 0) is 26.2 Å². The first kappa shape index (κ1) is 22.0. The smallest absolute Gasteiger partial charge is 0.207 e. The van der Waals surface area contributed by atoms with Gasteiger partial charge in [-0.15, -0.1) is 0 Å². The number of hydrogen-bond donors (Lipinski definition) is 0. The Bertz CT molecular complexity index is 1110. The number of alkyl halides is 3. The van der Waals surface area contributed by atoms with Gasteiger partial charge in [0.1, 0.15) is 4.90 Å². The van der Waals surface area contributed by atoms with E-state index in [-0.39, 0.29) is 36.1 Å². The Morgan fingerprint density at radius 1 is 0.793 bits per heavy atom. The van der Waals surface area contributed by atoms with Gasteiger partial charge in [0.2, 0.25) is 20.0 Å². The molecule has 0 aromatic heterocycles. The van der Waals surface area contributed by atoms with Gasteiger partial charge in [0.25, 0.3) is 0 Å². The van der Waals surface area contributed by atoms with Crippen LogP contribution in [0.4, 0.5) is 13.2 Å². The quantitative estimate of drug-likeness (QED) is 0.691. The van der Waals surface area contributed by atoms with E-state index in [4.69, 9.17) is 11.6 Å². The molecule has 0 unspecified atom stereocenters. The molecule has 0 radical (unpaired) electrons. The summed E-state index contributed by atoms with van der Waals surface area (Å²) in [6.45, 7) is -0.679. The van der Waals surface area contributed by atoms with Crippen molar-refractivity contribution in [1.82, 2.24) is 8.61 Å². The molecule has 2 aromatic rings. The third kappa shape index (κ3) is 4.43. The molecule has 0 spiro atoms. The molecule has 0 N–H and O–H groups in total. The molecule has 0 bridgehead atoms. The molecule has 158 valence electrons. The van der Waals surface area contributed by atoms with E-state index in [0.717, 1.165) is 26.8 Å². The second kappa shape index (κ2) is 7.88. The molecule has 6 nitrogen and oxygen atoms in total. The highest BCUT2D eigenvalue weighted by Gasteiger charge is 2.36. The Labute approximate surface area is 171 Å². The number of sulfonamides is 2. The highest BCUT2D eigenvalue weighted by atomic mass is 35.5. The minimum absolute atomic E-state index is 0.0477. The summed E-state index contributed by atoms with van der Waals surface area (Å²) >= 11 is 5.96. The standard InChI is InChI=1S/C17H16ClF3N2O4S2/c18-15-6-1-2-7-16(15)29(26,27)23-10-8-22(9-11-23)28(24,25)14-5-3-4-13(12-14)17(19,20)21/h1-7,12H,8-11H2. The van der Waals surface area contributed by atoms with Crippen molar-refractivity contribution in [2.24, 2.45) is 0 Å². The molecule has 2 aromatic carbocycles. The van der Waals surface area contributed by atoms with E-state index in [1.54, 1.807) is 6.07 Å². The van der Waals surface area contributed by atoms with Gasteiger partial charge in [-0.05, 0) is 30.3 Å². The third-order valence-corrected chi connectivity index (χ3v) is 8.74. The van der Waals surface area contributed by atoms with Gasteiger partial charge in [0, 0.05) is 26.2 Å². The van der Waals surface area contributed by atoms with E-state index in [9.17, 15) is 30.0 Å². The maximum absolute atomic E-state index is 12.9. The lowest BCUT2D eigenvalue weighted by atomic mass is 10.2. The van der Waals surface area contributed by atoms with Crippen LogP contribution in [0.1, 0.15) is 5.56 Å². The maximum Gasteiger partial charge on any atom is 0.416 e. The Kier molecular flexibility index (Phi) is 5.98. The van der Waals surface area contributed by atoms with Crippen molar-refractivity contribution in [3.8, 4) is 0 Å². The average molecular weight is 469 g/mol. The van der Waals surface area contributed by atoms with Crippen molar-refractivity contribution in [2.75, 3.05) is 26.2 Å². The van der Waals surface area contributed by atoms with E-state index in [1.807, 2.05) is 0 Å². The molecule has 1 aliphatic rings. The number of rotatable bonds is 4. The molecule has 1 saturated heterocycles. The van der Waals surface area contributed by atoms with Gasteiger partial charge in [-0.1, -0.05) is 29.8 Å². The van der Waals surface area contributed by atoms with Crippen molar-refractivity contribution in [3.63, 3.8) is 0 Å². The normalized spacial score (nSPS) is 17.4. The predicted molar refractivity (Wildman–Crippen MR) is 100 cm³/mol. The van der Waals surface area contributed by atoms with Gasteiger partial charge < -0.3 is 0 Å². The van der Waals surface area contributed by atoms with Gasteiger partial charge >= 0.3 is 6.18 Å². The monoisotopic (exact) mass is 468 g/mol. The summed E-state index contributed by atoms with van der Waals surface area (Å²) in [5.74, 6) is 0. The van der Waals surface area contributed by atoms with Crippen LogP contribution in [0.2, 0.25) is 5.02 Å². The van der Waals surface area contributed by atoms with E-state index in [2.05, 4.69) is 0 Å². The van der Waals surface area contributed by atoms with E-state index in [1.165, 1.54) is 18.2 Å². The molecule has 0 saturated carbocycles. The Morgan fingerprint density at radius 2 is 1.34 bits per heavy atom. The zero-order valence-electron chi connectivity index (χ0n) is 14.8. The fourth-order valence-corrected chi connectivity index (χ4v) is 6.31. The van der Waals surface area contributed by atoms with Crippen LogP contribution in [0, 0.1) is 0 Å². The molecular weight excluding hydrogens is 453 g/mol. The summed E-state index contributed by atoms with van der Waals surface area (Å²) in [6, 6.07) is 9.35. The fourth-order valence-electron chi connectivity index (χ4n) is 2.93. The molecular formula is C17H16ClF3N2O4S2. The van der Waals surface area contributed by atoms with E-state index < -0.39 is 36.7 Å². The van der Waals surface area contributed by atoms with Gasteiger partial charge in [-0.3, -0.25) is 0 Å². The summed E-state index contributed by atoms with van der Waals surface area (Å²) in [5.41, 5.74) is -1.07. The van der Waals surface area contributed by atoms with Crippen molar-refractivity contribution in [3.05, 3.63) is 59.1 Å². The number of halogens is 4. The lowest BCUT2D eigenvalue weighted by Gasteiger charge is -2.33. The highest BCUT2D eigenvalue weighted by molar-refractivity contribution is 7.89. The molecule has 1 aliphatic heterocycles. The van der Waals surface area contributed by atoms with Gasteiger partial charge in [-0.2, -0.15) is 21.8 Å². The summed E-state index contributed by atoms with van der Waals surface area (Å²) in [6.07, 6.45) is -4.67. The molecule has 1 heterocycles. The number of piperazine rings is 1. The molecule has 1 fully saturated rings. The minimum Gasteiger partial charge on any atom is -0.207 e. The summed E-state index contributed by atoms with van der Waals surface area (Å²) in [5, 5.41) is 0.0477. The second-order valence-electron chi connectivity index (χ2n) is 6.26. The van der Waals surface area contributed by atoms with Gasteiger partial charge in [-0.25, -0.2) is 16.8 Å². The maximum atomic E-state index is 12.9. The van der Waals surface area contributed by atoms with Crippen molar-refractivity contribution in [1.29, 1.82) is 0 Å². The van der Waals surface area contributed by atoms with Crippen molar-refractivity contribution in [2.45, 2.75) is 16.0 Å². The Hall–Kier alpha value is -1.66. The van der Waals surface area contributed by atoms with Crippen LogP contribution >= 0.6 is 11.6 Å². The van der Waals surface area contributed by atoms with Crippen molar-refractivity contribution >= 4 is 31.6 Å². The number of hydrogen-bond acceptors (Lipinski definition) is 4. The fraction of sp³-hybridized carbons (Fsp3) is 0.294. The van der Waals surface area contributed by atoms with Crippen LogP contribution in [-0.4, -0.2) is 51.6 Å². The predicted octanol–water partition coefficient (Wildman–Crippen LogP) is 3.05. The second-order valence-corrected chi connectivity index (χ2v) is 10.5. The summed E-state index contributed by atoms with van der Waals surface area (Å²) in [7, 11) is -8.12. The zero-order valence-corrected chi connectivity index (χ0v) is 17.2. The number of benzene rings is 2. The van der Waals surface area contributed by atoms with Crippen LogP contribution < -0.4 is 0 Å². The molecule has 0 amide bonds. The van der Waals surface area contributed by atoms with E-state index >= 15 is 0 Å². The Morgan fingerprint density at radius 3 is 1.90 bits per heavy atom. The first-order valence-electron chi connectivity index (χ1n) is 8.36. The zero-order chi connectivity index (χ0) is 21.4. The topological polar surface area (TPSA) is 74.8 Å². The van der Waals surface area contributed by atoms with Crippen LogP contribution in [0.3, 0.4) is 0 Å². The highest BCUT2D eigenvalue weighted by Crippen LogP contribution is 2.31. The summed E-state index contributed by atoms with van der Waals surface area (Å²) < 4.78 is 91.6. The molecule has 12 heteroatoms. The SMILES string of the molecule is O=S(=O)(c1cccc(C(F)(F)F)c1)N1CCN(S(=O)(=O)c2ccccc2Cl)CC1. The summed E-state index contributed by atoms with van der Waals surface area (Å²) in [4.78, 5) is -0.578. The third-order valence-electron chi connectivity index (χ3n) is 4.45.